The van der Waals surface area contributed by atoms with Crippen molar-refractivity contribution >= 4 is 28.9 Å². The average Bonchev–Trinajstić information content (AvgIpc) is 2.56. The van der Waals surface area contributed by atoms with E-state index in [-0.39, 0.29) is 18.0 Å². The number of benzene rings is 2. The smallest absolute Gasteiger partial charge is 0.296 e. The third-order valence-corrected chi connectivity index (χ3v) is 3.19. The Morgan fingerprint density at radius 3 is 2.46 bits per heavy atom. The van der Waals surface area contributed by atoms with Gasteiger partial charge in [-0.05, 0) is 43.3 Å². The maximum Gasteiger partial charge on any atom is 0.296 e. The van der Waals surface area contributed by atoms with Crippen LogP contribution in [0.25, 0.3) is 0 Å². The van der Waals surface area contributed by atoms with Crippen LogP contribution in [0.4, 0.5) is 11.4 Å². The summed E-state index contributed by atoms with van der Waals surface area (Å²) in [6, 6.07) is 10.7. The van der Waals surface area contributed by atoms with Crippen LogP contribution in [0, 0.1) is 10.1 Å². The van der Waals surface area contributed by atoms with Gasteiger partial charge in [-0.2, -0.15) is 0 Å². The first-order valence-corrected chi connectivity index (χ1v) is 7.47. The van der Waals surface area contributed by atoms with E-state index < -0.39 is 10.8 Å². The van der Waals surface area contributed by atoms with Gasteiger partial charge in [0, 0.05) is 5.02 Å². The number of nitrogens with zero attached hydrogens (tertiary/aromatic N) is 1. The second-order valence-electron chi connectivity index (χ2n) is 4.66. The molecule has 0 radical (unpaired) electrons. The van der Waals surface area contributed by atoms with E-state index in [4.69, 9.17) is 21.1 Å². The molecule has 0 bridgehead atoms. The van der Waals surface area contributed by atoms with Gasteiger partial charge in [-0.3, -0.25) is 14.9 Å². The van der Waals surface area contributed by atoms with Gasteiger partial charge in [0.05, 0.1) is 17.6 Å². The lowest BCUT2D eigenvalue weighted by Gasteiger charge is -2.09. The normalized spacial score (nSPS) is 10.1. The van der Waals surface area contributed by atoms with Gasteiger partial charge in [-0.25, -0.2) is 0 Å². The van der Waals surface area contributed by atoms with Crippen LogP contribution in [-0.2, 0) is 4.79 Å². The minimum absolute atomic E-state index is 0.0770. The molecule has 0 unspecified atom stereocenters. The summed E-state index contributed by atoms with van der Waals surface area (Å²) < 4.78 is 10.5. The summed E-state index contributed by atoms with van der Waals surface area (Å²) in [6.45, 7) is 1.87. The van der Waals surface area contributed by atoms with Crippen molar-refractivity contribution in [2.24, 2.45) is 0 Å². The van der Waals surface area contributed by atoms with Gasteiger partial charge in [0.2, 0.25) is 0 Å². The average molecular weight is 351 g/mol. The third kappa shape index (κ3) is 4.85. The number of rotatable bonds is 7. The Bertz CT molecular complexity index is 734. The second kappa shape index (κ2) is 8.16. The second-order valence-corrected chi connectivity index (χ2v) is 5.10. The highest BCUT2D eigenvalue weighted by Crippen LogP contribution is 2.29. The number of nitro benzene ring substituents is 1. The van der Waals surface area contributed by atoms with Gasteiger partial charge in [-0.1, -0.05) is 11.6 Å². The van der Waals surface area contributed by atoms with Crippen LogP contribution in [0.1, 0.15) is 6.92 Å². The number of hydrogen-bond donors (Lipinski definition) is 1. The summed E-state index contributed by atoms with van der Waals surface area (Å²) >= 11 is 5.76. The number of hydrogen-bond acceptors (Lipinski definition) is 5. The Hall–Kier alpha value is -2.80. The van der Waals surface area contributed by atoms with Gasteiger partial charge in [0.25, 0.3) is 11.6 Å². The molecule has 24 heavy (non-hydrogen) atoms. The molecule has 0 atom stereocenters. The predicted octanol–water partition coefficient (Wildman–Crippen LogP) is 3.66. The number of anilines is 1. The topological polar surface area (TPSA) is 90.7 Å². The maximum absolute atomic E-state index is 11.9. The molecule has 0 spiro atoms. The minimum Gasteiger partial charge on any atom is -0.494 e. The van der Waals surface area contributed by atoms with Crippen molar-refractivity contribution in [2.75, 3.05) is 18.5 Å². The lowest BCUT2D eigenvalue weighted by molar-refractivity contribution is -0.384. The molecule has 0 saturated heterocycles. The van der Waals surface area contributed by atoms with Crippen molar-refractivity contribution in [1.29, 1.82) is 0 Å². The summed E-state index contributed by atoms with van der Waals surface area (Å²) in [5, 5.41) is 14.1. The molecule has 1 N–H and O–H groups in total. The van der Waals surface area contributed by atoms with Gasteiger partial charge in [0.1, 0.15) is 17.2 Å². The number of nitrogens with one attached hydrogen (secondary N) is 1. The number of carbonyl (C=O) groups is 1. The molecule has 126 valence electrons. The first kappa shape index (κ1) is 17.6. The molecule has 2 aromatic rings. The van der Waals surface area contributed by atoms with Crippen molar-refractivity contribution < 1.29 is 19.2 Å². The third-order valence-electron chi connectivity index (χ3n) is 2.93. The molecule has 2 rings (SSSR count). The lowest BCUT2D eigenvalue weighted by Crippen LogP contribution is -2.20. The maximum atomic E-state index is 11.9. The molecule has 0 aliphatic carbocycles. The first-order valence-electron chi connectivity index (χ1n) is 7.09. The van der Waals surface area contributed by atoms with E-state index >= 15 is 0 Å². The summed E-state index contributed by atoms with van der Waals surface area (Å²) in [5.41, 5.74) is -0.172. The molecule has 0 aliphatic rings. The Labute approximate surface area is 143 Å². The van der Waals surface area contributed by atoms with Crippen molar-refractivity contribution in [3.05, 3.63) is 57.6 Å². The number of ether oxygens (including phenoxy) is 2. The monoisotopic (exact) mass is 350 g/mol. The predicted molar refractivity (Wildman–Crippen MR) is 89.8 cm³/mol. The summed E-state index contributed by atoms with van der Waals surface area (Å²) in [7, 11) is 0. The Kier molecular flexibility index (Phi) is 5.97. The standard InChI is InChI=1S/C16H15ClN2O5/c1-2-23-13-7-8-14(15(9-13)19(21)22)18-16(20)10-24-12-5-3-11(17)4-6-12/h3-9H,2,10H2,1H3,(H,18,20). The van der Waals surface area contributed by atoms with Crippen LogP contribution in [0.5, 0.6) is 11.5 Å². The van der Waals surface area contributed by atoms with E-state index in [0.717, 1.165) is 0 Å². The number of nitro groups is 1. The summed E-state index contributed by atoms with van der Waals surface area (Å²) in [5.74, 6) is 0.313. The number of carbonyl (C=O) groups excluding carboxylic acids is 1. The lowest BCUT2D eigenvalue weighted by atomic mass is 10.2. The molecule has 2 aromatic carbocycles. The van der Waals surface area contributed by atoms with Crippen molar-refractivity contribution in [1.82, 2.24) is 0 Å². The zero-order valence-electron chi connectivity index (χ0n) is 12.8. The van der Waals surface area contributed by atoms with Crippen LogP contribution < -0.4 is 14.8 Å². The van der Waals surface area contributed by atoms with Gasteiger partial charge >= 0.3 is 0 Å². The molecule has 0 saturated carbocycles. The van der Waals surface area contributed by atoms with Crippen molar-refractivity contribution in [3.63, 3.8) is 0 Å². The molecular formula is C16H15ClN2O5. The molecule has 0 fully saturated rings. The Balaban J connectivity index is 2.02. The van der Waals surface area contributed by atoms with E-state index in [1.165, 1.54) is 12.1 Å². The highest BCUT2D eigenvalue weighted by molar-refractivity contribution is 6.30. The number of amides is 1. The molecule has 8 heteroatoms. The highest BCUT2D eigenvalue weighted by Gasteiger charge is 2.17. The summed E-state index contributed by atoms with van der Waals surface area (Å²) in [4.78, 5) is 22.5. The molecular weight excluding hydrogens is 336 g/mol. The van der Waals surface area contributed by atoms with E-state index in [2.05, 4.69) is 5.32 Å². The fourth-order valence-corrected chi connectivity index (χ4v) is 2.02. The fraction of sp³-hybridized carbons (Fsp3) is 0.188. The molecule has 0 aliphatic heterocycles. The SMILES string of the molecule is CCOc1ccc(NC(=O)COc2ccc(Cl)cc2)c([N+](=O)[O-])c1. The zero-order chi connectivity index (χ0) is 17.5. The highest BCUT2D eigenvalue weighted by atomic mass is 35.5. The van der Waals surface area contributed by atoms with Gasteiger partial charge in [0.15, 0.2) is 6.61 Å². The van der Waals surface area contributed by atoms with Crippen LogP contribution in [-0.4, -0.2) is 24.0 Å². The largest absolute Gasteiger partial charge is 0.494 e. The van der Waals surface area contributed by atoms with Crippen LogP contribution >= 0.6 is 11.6 Å². The number of halogens is 1. The van der Waals surface area contributed by atoms with E-state index in [1.807, 2.05) is 0 Å². The molecule has 1 amide bonds. The quantitative estimate of drug-likeness (QED) is 0.607. The van der Waals surface area contributed by atoms with Gasteiger partial charge in [-0.15, -0.1) is 0 Å². The minimum atomic E-state index is -0.585. The van der Waals surface area contributed by atoms with E-state index in [9.17, 15) is 14.9 Å². The van der Waals surface area contributed by atoms with E-state index in [1.54, 1.807) is 37.3 Å². The first-order chi connectivity index (χ1) is 11.5. The molecule has 7 nitrogen and oxygen atoms in total. The van der Waals surface area contributed by atoms with Crippen LogP contribution in [0.2, 0.25) is 5.02 Å². The van der Waals surface area contributed by atoms with Crippen molar-refractivity contribution in [3.8, 4) is 11.5 Å². The Morgan fingerprint density at radius 1 is 1.17 bits per heavy atom. The molecule has 0 aromatic heterocycles. The fourth-order valence-electron chi connectivity index (χ4n) is 1.89. The van der Waals surface area contributed by atoms with Crippen LogP contribution in [0.3, 0.4) is 0 Å². The zero-order valence-corrected chi connectivity index (χ0v) is 13.6. The Morgan fingerprint density at radius 2 is 1.83 bits per heavy atom. The van der Waals surface area contributed by atoms with Gasteiger partial charge < -0.3 is 14.8 Å². The van der Waals surface area contributed by atoms with Crippen LogP contribution in [0.15, 0.2) is 42.5 Å². The van der Waals surface area contributed by atoms with E-state index in [0.29, 0.717) is 23.1 Å². The molecule has 0 heterocycles. The van der Waals surface area contributed by atoms with Crippen molar-refractivity contribution in [2.45, 2.75) is 6.92 Å². The summed E-state index contributed by atoms with van der Waals surface area (Å²) in [6.07, 6.45) is 0.